The number of benzene rings is 2. The Morgan fingerprint density at radius 3 is 2.38 bits per heavy atom. The molecule has 0 amide bonds. The first-order valence-electron chi connectivity index (χ1n) is 5.71. The largest absolute Gasteiger partial charge is 0.135 e. The molecule has 0 aliphatic carbocycles. The average Bonchev–Trinajstić information content (AvgIpc) is 2.69. The minimum atomic E-state index is 1.11. The minimum absolute atomic E-state index is 1.11. The maximum absolute atomic E-state index is 2.24. The lowest BCUT2D eigenvalue weighted by atomic mass is 10.1. The maximum atomic E-state index is 2.24. The third-order valence-electron chi connectivity index (χ3n) is 3.18. The highest BCUT2D eigenvalue weighted by Crippen LogP contribution is 2.37. The fourth-order valence-electron chi connectivity index (χ4n) is 2.30. The second kappa shape index (κ2) is 3.60. The van der Waals surface area contributed by atoms with Gasteiger partial charge in [-0.3, -0.25) is 0 Å². The molecule has 0 aliphatic rings. The summed E-state index contributed by atoms with van der Waals surface area (Å²) in [5.41, 5.74) is 2.86. The van der Waals surface area contributed by atoms with Gasteiger partial charge in [0.2, 0.25) is 0 Å². The zero-order chi connectivity index (χ0) is 11.1. The van der Waals surface area contributed by atoms with E-state index in [4.69, 9.17) is 0 Å². The van der Waals surface area contributed by atoms with Gasteiger partial charge < -0.3 is 0 Å². The zero-order valence-electron chi connectivity index (χ0n) is 9.58. The highest BCUT2D eigenvalue weighted by Gasteiger charge is 2.08. The Kier molecular flexibility index (Phi) is 2.22. The molecule has 0 radical (unpaired) electrons. The number of thiophene rings is 1. The summed E-state index contributed by atoms with van der Waals surface area (Å²) in [7, 11) is 0. The molecule has 0 bridgehead atoms. The molecule has 3 aromatic rings. The Bertz CT molecular complexity index is 662. The molecule has 0 nitrogen and oxygen atoms in total. The molecule has 0 saturated carbocycles. The third-order valence-corrected chi connectivity index (χ3v) is 4.62. The molecule has 1 heteroatoms. The lowest BCUT2D eigenvalue weighted by Crippen LogP contribution is -1.77. The summed E-state index contributed by atoms with van der Waals surface area (Å²) in [5.74, 6) is 0. The van der Waals surface area contributed by atoms with Gasteiger partial charge in [0.05, 0.1) is 0 Å². The lowest BCUT2D eigenvalue weighted by Gasteiger charge is -1.97. The highest BCUT2D eigenvalue weighted by atomic mass is 32.1. The van der Waals surface area contributed by atoms with Crippen molar-refractivity contribution in [2.75, 3.05) is 0 Å². The van der Waals surface area contributed by atoms with Gasteiger partial charge in [0.25, 0.3) is 0 Å². The maximum Gasteiger partial charge on any atom is 0.0387 e. The van der Waals surface area contributed by atoms with Crippen molar-refractivity contribution in [1.29, 1.82) is 0 Å². The van der Waals surface area contributed by atoms with E-state index in [1.807, 2.05) is 11.3 Å². The number of hydrogen-bond donors (Lipinski definition) is 0. The Morgan fingerprint density at radius 2 is 1.62 bits per heavy atom. The quantitative estimate of drug-likeness (QED) is 0.552. The van der Waals surface area contributed by atoms with Gasteiger partial charge in [0.15, 0.2) is 0 Å². The minimum Gasteiger partial charge on any atom is -0.135 e. The molecule has 0 atom stereocenters. The monoisotopic (exact) mass is 226 g/mol. The Morgan fingerprint density at radius 1 is 0.938 bits per heavy atom. The molecule has 0 fully saturated rings. The fraction of sp³-hybridized carbons (Fsp3) is 0.200. The van der Waals surface area contributed by atoms with Gasteiger partial charge in [-0.15, -0.1) is 11.3 Å². The van der Waals surface area contributed by atoms with Gasteiger partial charge in [-0.05, 0) is 24.5 Å². The van der Waals surface area contributed by atoms with E-state index < -0.39 is 0 Å². The number of fused-ring (bicyclic) bond motifs is 3. The van der Waals surface area contributed by atoms with E-state index >= 15 is 0 Å². The predicted octanol–water partition coefficient (Wildman–Crippen LogP) is 4.93. The lowest BCUT2D eigenvalue weighted by molar-refractivity contribution is 1.16. The summed E-state index contributed by atoms with van der Waals surface area (Å²) in [5, 5.41) is 2.83. The van der Waals surface area contributed by atoms with Crippen LogP contribution in [0.2, 0.25) is 0 Å². The van der Waals surface area contributed by atoms with E-state index in [2.05, 4.69) is 50.2 Å². The first-order valence-corrected chi connectivity index (χ1v) is 6.52. The molecule has 0 saturated heterocycles. The van der Waals surface area contributed by atoms with Crippen LogP contribution in [0.1, 0.15) is 18.1 Å². The molecule has 0 aliphatic heterocycles. The van der Waals surface area contributed by atoms with Gasteiger partial charge in [0, 0.05) is 20.2 Å². The summed E-state index contributed by atoms with van der Waals surface area (Å²) < 4.78 is 2.91. The standard InChI is InChI=1S/C15H14S/c1-3-11-7-5-9-13-12-8-4-6-10(2)14(12)16-15(11)13/h4-9H,3H2,1-2H3. The normalized spacial score (nSPS) is 11.4. The Labute approximate surface area is 99.5 Å². The highest BCUT2D eigenvalue weighted by molar-refractivity contribution is 7.26. The van der Waals surface area contributed by atoms with Gasteiger partial charge in [-0.2, -0.15) is 0 Å². The summed E-state index contributed by atoms with van der Waals surface area (Å²) in [6.07, 6.45) is 1.11. The van der Waals surface area contributed by atoms with Crippen molar-refractivity contribution in [3.05, 3.63) is 47.5 Å². The molecule has 16 heavy (non-hydrogen) atoms. The molecule has 2 aromatic carbocycles. The number of hydrogen-bond acceptors (Lipinski definition) is 1. The van der Waals surface area contributed by atoms with Crippen LogP contribution in [0.4, 0.5) is 0 Å². The van der Waals surface area contributed by atoms with Crippen molar-refractivity contribution in [2.24, 2.45) is 0 Å². The molecule has 3 rings (SSSR count). The van der Waals surface area contributed by atoms with Crippen molar-refractivity contribution < 1.29 is 0 Å². The van der Waals surface area contributed by atoms with Crippen LogP contribution in [0.5, 0.6) is 0 Å². The first kappa shape index (κ1) is 9.86. The molecular weight excluding hydrogens is 212 g/mol. The van der Waals surface area contributed by atoms with E-state index in [1.165, 1.54) is 31.3 Å². The second-order valence-corrected chi connectivity index (χ2v) is 5.22. The summed E-state index contributed by atoms with van der Waals surface area (Å²) in [4.78, 5) is 0. The second-order valence-electron chi connectivity index (χ2n) is 4.20. The van der Waals surface area contributed by atoms with Gasteiger partial charge in [0.1, 0.15) is 0 Å². The molecule has 1 heterocycles. The molecule has 0 N–H and O–H groups in total. The van der Waals surface area contributed by atoms with Crippen LogP contribution in [-0.4, -0.2) is 0 Å². The van der Waals surface area contributed by atoms with Crippen LogP contribution in [0.25, 0.3) is 20.2 Å². The van der Waals surface area contributed by atoms with Crippen LogP contribution in [-0.2, 0) is 6.42 Å². The Balaban J connectivity index is 2.55. The van der Waals surface area contributed by atoms with E-state index in [0.717, 1.165) is 6.42 Å². The van der Waals surface area contributed by atoms with Crippen molar-refractivity contribution in [3.63, 3.8) is 0 Å². The molecule has 80 valence electrons. The summed E-state index contributed by atoms with van der Waals surface area (Å²) >= 11 is 1.94. The number of rotatable bonds is 1. The van der Waals surface area contributed by atoms with E-state index in [9.17, 15) is 0 Å². The molecule has 1 aromatic heterocycles. The van der Waals surface area contributed by atoms with Crippen LogP contribution in [0.15, 0.2) is 36.4 Å². The van der Waals surface area contributed by atoms with Gasteiger partial charge >= 0.3 is 0 Å². The topological polar surface area (TPSA) is 0 Å². The van der Waals surface area contributed by atoms with Crippen LogP contribution >= 0.6 is 11.3 Å². The smallest absolute Gasteiger partial charge is 0.0387 e. The predicted molar refractivity (Wildman–Crippen MR) is 73.4 cm³/mol. The Hall–Kier alpha value is -1.34. The van der Waals surface area contributed by atoms with Crippen molar-refractivity contribution >= 4 is 31.5 Å². The summed E-state index contributed by atoms with van der Waals surface area (Å²) in [6.45, 7) is 4.43. The van der Waals surface area contributed by atoms with Gasteiger partial charge in [-0.25, -0.2) is 0 Å². The zero-order valence-corrected chi connectivity index (χ0v) is 10.4. The molecule has 0 spiro atoms. The van der Waals surface area contributed by atoms with E-state index in [-0.39, 0.29) is 0 Å². The van der Waals surface area contributed by atoms with Crippen LogP contribution in [0.3, 0.4) is 0 Å². The van der Waals surface area contributed by atoms with Crippen LogP contribution in [0, 0.1) is 6.92 Å². The van der Waals surface area contributed by atoms with Crippen molar-refractivity contribution in [2.45, 2.75) is 20.3 Å². The van der Waals surface area contributed by atoms with Crippen molar-refractivity contribution in [3.8, 4) is 0 Å². The van der Waals surface area contributed by atoms with E-state index in [1.54, 1.807) is 0 Å². The number of aryl methyl sites for hydroxylation is 2. The van der Waals surface area contributed by atoms with E-state index in [0.29, 0.717) is 0 Å². The summed E-state index contributed by atoms with van der Waals surface area (Å²) in [6, 6.07) is 13.3. The van der Waals surface area contributed by atoms with Crippen molar-refractivity contribution in [1.82, 2.24) is 0 Å². The third kappa shape index (κ3) is 1.28. The SMILES string of the molecule is CCc1cccc2c1sc1c(C)cccc12. The molecule has 0 unspecified atom stereocenters. The average molecular weight is 226 g/mol. The van der Waals surface area contributed by atoms with Gasteiger partial charge in [-0.1, -0.05) is 43.3 Å². The fourth-order valence-corrected chi connectivity index (χ4v) is 3.65. The molecular formula is C15H14S. The first-order chi connectivity index (χ1) is 7.81. The van der Waals surface area contributed by atoms with Crippen LogP contribution < -0.4 is 0 Å².